The molecule has 104 valence electrons. The van der Waals surface area contributed by atoms with E-state index in [1.54, 1.807) is 16.2 Å². The minimum absolute atomic E-state index is 0.0526. The highest BCUT2D eigenvalue weighted by molar-refractivity contribution is 7.09. The Labute approximate surface area is 116 Å². The highest BCUT2D eigenvalue weighted by Gasteiger charge is 2.27. The first kappa shape index (κ1) is 14.0. The summed E-state index contributed by atoms with van der Waals surface area (Å²) >= 11 is 1.58. The summed E-state index contributed by atoms with van der Waals surface area (Å²) in [6.07, 6.45) is 2.33. The first-order valence-corrected chi connectivity index (χ1v) is 7.42. The van der Waals surface area contributed by atoms with E-state index in [1.165, 1.54) is 0 Å². The van der Waals surface area contributed by atoms with Crippen molar-refractivity contribution < 1.29 is 14.7 Å². The van der Waals surface area contributed by atoms with Crippen molar-refractivity contribution in [3.05, 3.63) is 16.1 Å². The third kappa shape index (κ3) is 3.53. The Bertz CT molecular complexity index is 464. The van der Waals surface area contributed by atoms with Crippen LogP contribution in [0.4, 0.5) is 0 Å². The van der Waals surface area contributed by atoms with Crippen LogP contribution in [0, 0.1) is 5.92 Å². The van der Waals surface area contributed by atoms with Crippen LogP contribution in [0.5, 0.6) is 0 Å². The molecule has 0 aromatic carbocycles. The van der Waals surface area contributed by atoms with Crippen LogP contribution in [0.2, 0.25) is 0 Å². The van der Waals surface area contributed by atoms with Crippen LogP contribution in [-0.2, 0) is 22.4 Å². The van der Waals surface area contributed by atoms with Crippen molar-refractivity contribution in [2.75, 3.05) is 13.1 Å². The Morgan fingerprint density at radius 3 is 2.68 bits per heavy atom. The number of hydrogen-bond donors (Lipinski definition) is 1. The number of carbonyl (C=O) groups is 2. The van der Waals surface area contributed by atoms with Gasteiger partial charge in [0.2, 0.25) is 5.91 Å². The van der Waals surface area contributed by atoms with Gasteiger partial charge in [-0.05, 0) is 19.3 Å². The number of aliphatic carboxylic acids is 1. The molecule has 1 aromatic rings. The summed E-state index contributed by atoms with van der Waals surface area (Å²) < 4.78 is 0. The van der Waals surface area contributed by atoms with Gasteiger partial charge in [0.1, 0.15) is 0 Å². The largest absolute Gasteiger partial charge is 0.481 e. The van der Waals surface area contributed by atoms with Crippen molar-refractivity contribution in [1.29, 1.82) is 0 Å². The third-order valence-electron chi connectivity index (χ3n) is 3.43. The molecule has 1 aliphatic rings. The van der Waals surface area contributed by atoms with Crippen molar-refractivity contribution in [2.24, 2.45) is 5.92 Å². The highest BCUT2D eigenvalue weighted by atomic mass is 32.1. The number of amides is 1. The number of nitrogens with zero attached hydrogens (tertiary/aromatic N) is 2. The van der Waals surface area contributed by atoms with Crippen molar-refractivity contribution >= 4 is 23.2 Å². The predicted molar refractivity (Wildman–Crippen MR) is 72.1 cm³/mol. The number of carbonyl (C=O) groups excluding carboxylic acids is 1. The zero-order chi connectivity index (χ0) is 13.8. The fourth-order valence-electron chi connectivity index (χ4n) is 2.24. The molecular weight excluding hydrogens is 264 g/mol. The number of piperidine rings is 1. The van der Waals surface area contributed by atoms with E-state index in [-0.39, 0.29) is 11.8 Å². The Hall–Kier alpha value is -1.43. The second-order valence-electron chi connectivity index (χ2n) is 4.76. The second-order valence-corrected chi connectivity index (χ2v) is 5.70. The molecule has 1 amide bonds. The van der Waals surface area contributed by atoms with Gasteiger partial charge in [0.25, 0.3) is 0 Å². The van der Waals surface area contributed by atoms with Gasteiger partial charge in [0, 0.05) is 18.5 Å². The van der Waals surface area contributed by atoms with E-state index in [4.69, 9.17) is 5.11 Å². The zero-order valence-electron chi connectivity index (χ0n) is 11.0. The van der Waals surface area contributed by atoms with E-state index in [2.05, 4.69) is 4.98 Å². The van der Waals surface area contributed by atoms with E-state index in [0.717, 1.165) is 17.1 Å². The zero-order valence-corrected chi connectivity index (χ0v) is 11.8. The minimum Gasteiger partial charge on any atom is -0.481 e. The second kappa shape index (κ2) is 6.14. The molecule has 0 radical (unpaired) electrons. The predicted octanol–water partition coefficient (Wildman–Crippen LogP) is 1.57. The van der Waals surface area contributed by atoms with Crippen LogP contribution in [0.15, 0.2) is 5.38 Å². The molecule has 6 heteroatoms. The lowest BCUT2D eigenvalue weighted by atomic mass is 9.97. The van der Waals surface area contributed by atoms with Gasteiger partial charge in [-0.1, -0.05) is 6.92 Å². The van der Waals surface area contributed by atoms with E-state index in [1.807, 2.05) is 12.3 Å². The summed E-state index contributed by atoms with van der Waals surface area (Å²) in [6, 6.07) is 0. The molecule has 1 saturated heterocycles. The molecule has 0 aliphatic carbocycles. The maximum Gasteiger partial charge on any atom is 0.306 e. The lowest BCUT2D eigenvalue weighted by Crippen LogP contribution is -2.41. The number of carboxylic acid groups (broad SMARTS) is 1. The lowest BCUT2D eigenvalue weighted by molar-refractivity contribution is -0.145. The fraction of sp³-hybridized carbons (Fsp3) is 0.615. The summed E-state index contributed by atoms with van der Waals surface area (Å²) in [5.74, 6) is -0.994. The van der Waals surface area contributed by atoms with E-state index >= 15 is 0 Å². The normalized spacial score (nSPS) is 16.6. The maximum absolute atomic E-state index is 12.1. The smallest absolute Gasteiger partial charge is 0.306 e. The lowest BCUT2D eigenvalue weighted by Gasteiger charge is -2.30. The monoisotopic (exact) mass is 282 g/mol. The van der Waals surface area contributed by atoms with Gasteiger partial charge in [-0.25, -0.2) is 4.98 Å². The van der Waals surface area contributed by atoms with Crippen LogP contribution < -0.4 is 0 Å². The molecule has 0 bridgehead atoms. The number of thiazole rings is 1. The van der Waals surface area contributed by atoms with Crippen LogP contribution in [0.25, 0.3) is 0 Å². The number of aromatic nitrogens is 1. The molecule has 1 aliphatic heterocycles. The van der Waals surface area contributed by atoms with Gasteiger partial charge in [-0.15, -0.1) is 11.3 Å². The molecule has 0 atom stereocenters. The topological polar surface area (TPSA) is 70.5 Å². The van der Waals surface area contributed by atoms with Crippen LogP contribution in [-0.4, -0.2) is 40.0 Å². The van der Waals surface area contributed by atoms with Gasteiger partial charge in [0.15, 0.2) is 0 Å². The Balaban J connectivity index is 1.86. The molecule has 0 spiro atoms. The van der Waals surface area contributed by atoms with Crippen molar-refractivity contribution in [2.45, 2.75) is 32.6 Å². The first-order valence-electron chi connectivity index (χ1n) is 6.54. The molecule has 2 heterocycles. The number of hydrogen-bond acceptors (Lipinski definition) is 4. The molecule has 0 saturated carbocycles. The number of rotatable bonds is 4. The molecule has 0 unspecified atom stereocenters. The average Bonchev–Trinajstić information content (AvgIpc) is 2.86. The quantitative estimate of drug-likeness (QED) is 0.910. The minimum atomic E-state index is -0.751. The Morgan fingerprint density at radius 2 is 2.16 bits per heavy atom. The summed E-state index contributed by atoms with van der Waals surface area (Å²) in [4.78, 5) is 29.1. The number of carboxylic acids is 1. The molecule has 1 fully saturated rings. The van der Waals surface area contributed by atoms with E-state index in [0.29, 0.717) is 32.4 Å². The molecule has 1 aromatic heterocycles. The summed E-state index contributed by atoms with van der Waals surface area (Å²) in [5, 5.41) is 11.9. The summed E-state index contributed by atoms with van der Waals surface area (Å²) in [7, 11) is 0. The van der Waals surface area contributed by atoms with Crippen molar-refractivity contribution in [3.63, 3.8) is 0 Å². The van der Waals surface area contributed by atoms with Crippen molar-refractivity contribution in [3.8, 4) is 0 Å². The SMILES string of the molecule is CCc1nc(CC(=O)N2CCC(C(=O)O)CC2)cs1. The number of aryl methyl sites for hydroxylation is 1. The first-order chi connectivity index (χ1) is 9.10. The van der Waals surface area contributed by atoms with Gasteiger partial charge in [0.05, 0.1) is 23.0 Å². The molecule has 1 N–H and O–H groups in total. The molecule has 19 heavy (non-hydrogen) atoms. The molecular formula is C13H18N2O3S. The summed E-state index contributed by atoms with van der Waals surface area (Å²) in [6.45, 7) is 3.13. The van der Waals surface area contributed by atoms with Crippen LogP contribution in [0.3, 0.4) is 0 Å². The van der Waals surface area contributed by atoms with E-state index in [9.17, 15) is 9.59 Å². The Kier molecular flexibility index (Phi) is 4.52. The fourth-order valence-corrected chi connectivity index (χ4v) is 2.98. The Morgan fingerprint density at radius 1 is 1.47 bits per heavy atom. The number of likely N-dealkylation sites (tertiary alicyclic amines) is 1. The van der Waals surface area contributed by atoms with Crippen molar-refractivity contribution in [1.82, 2.24) is 9.88 Å². The van der Waals surface area contributed by atoms with Crippen LogP contribution in [0.1, 0.15) is 30.5 Å². The van der Waals surface area contributed by atoms with Crippen LogP contribution >= 0.6 is 11.3 Å². The summed E-state index contributed by atoms with van der Waals surface area (Å²) in [5.41, 5.74) is 0.826. The van der Waals surface area contributed by atoms with E-state index < -0.39 is 5.97 Å². The molecule has 5 nitrogen and oxygen atoms in total. The third-order valence-corrected chi connectivity index (χ3v) is 4.47. The standard InChI is InChI=1S/C13H18N2O3S/c1-2-11-14-10(8-19-11)7-12(16)15-5-3-9(4-6-15)13(17)18/h8-9H,2-7H2,1H3,(H,17,18). The highest BCUT2D eigenvalue weighted by Crippen LogP contribution is 2.18. The van der Waals surface area contributed by atoms with Gasteiger partial charge in [-0.2, -0.15) is 0 Å². The maximum atomic E-state index is 12.1. The van der Waals surface area contributed by atoms with Gasteiger partial charge in [-0.3, -0.25) is 9.59 Å². The molecule has 2 rings (SSSR count). The van der Waals surface area contributed by atoms with Gasteiger partial charge < -0.3 is 10.0 Å². The van der Waals surface area contributed by atoms with Gasteiger partial charge >= 0.3 is 5.97 Å². The average molecular weight is 282 g/mol.